The average Bonchev–Trinajstić information content (AvgIpc) is 3.28. The van der Waals surface area contributed by atoms with Crippen LogP contribution in [0.2, 0.25) is 0 Å². The summed E-state index contributed by atoms with van der Waals surface area (Å²) in [5.74, 6) is -0.752. The number of nitrogens with one attached hydrogen (secondary N) is 1. The van der Waals surface area contributed by atoms with Crippen molar-refractivity contribution in [1.82, 2.24) is 25.2 Å². The molecule has 170 valence electrons. The zero-order valence-electron chi connectivity index (χ0n) is 18.1. The number of benzene rings is 2. The molecule has 0 fully saturated rings. The van der Waals surface area contributed by atoms with Gasteiger partial charge in [-0.3, -0.25) is 14.3 Å². The highest BCUT2D eigenvalue weighted by Gasteiger charge is 2.17. The number of carbonyl (C=O) groups excluding carboxylic acids is 1. The fraction of sp³-hybridized carbons (Fsp3) is 0.0833. The van der Waals surface area contributed by atoms with Gasteiger partial charge in [0.2, 0.25) is 0 Å². The topological polar surface area (TPSA) is 122 Å². The van der Waals surface area contributed by atoms with Crippen molar-refractivity contribution in [2.75, 3.05) is 5.75 Å². The summed E-state index contributed by atoms with van der Waals surface area (Å²) in [5.41, 5.74) is 5.76. The molecule has 2 aromatic heterocycles. The Morgan fingerprint density at radius 3 is 2.53 bits per heavy atom. The van der Waals surface area contributed by atoms with Crippen LogP contribution < -0.4 is 5.43 Å². The van der Waals surface area contributed by atoms with E-state index < -0.39 is 5.97 Å². The molecule has 1 amide bonds. The van der Waals surface area contributed by atoms with Gasteiger partial charge in [-0.15, -0.1) is 10.2 Å². The van der Waals surface area contributed by atoms with E-state index in [0.717, 1.165) is 16.8 Å². The van der Waals surface area contributed by atoms with E-state index in [2.05, 4.69) is 25.7 Å². The highest BCUT2D eigenvalue weighted by Crippen LogP contribution is 2.27. The number of thioether (sulfide) groups is 1. The molecule has 4 rings (SSSR count). The third-order valence-corrected chi connectivity index (χ3v) is 5.71. The molecule has 0 aliphatic heterocycles. The SMILES string of the molecule is Cc1ccc(-n2c(SCC(=O)NN=Cc3ccccc3C(=O)O)nnc2-c2ccncc2)cc1. The van der Waals surface area contributed by atoms with Gasteiger partial charge >= 0.3 is 5.97 Å². The number of rotatable bonds is 8. The summed E-state index contributed by atoms with van der Waals surface area (Å²) in [5, 5.41) is 22.3. The van der Waals surface area contributed by atoms with Crippen LogP contribution in [-0.4, -0.2) is 48.7 Å². The molecule has 2 heterocycles. The molecular weight excluding hydrogens is 452 g/mol. The molecule has 0 radical (unpaired) electrons. The average molecular weight is 473 g/mol. The second kappa shape index (κ2) is 10.5. The molecule has 0 aliphatic rings. The summed E-state index contributed by atoms with van der Waals surface area (Å²) in [6.45, 7) is 2.01. The molecule has 0 saturated carbocycles. The number of carboxylic acid groups (broad SMARTS) is 1. The van der Waals surface area contributed by atoms with E-state index in [4.69, 9.17) is 0 Å². The lowest BCUT2D eigenvalue weighted by molar-refractivity contribution is -0.118. The van der Waals surface area contributed by atoms with Crippen LogP contribution in [-0.2, 0) is 4.79 Å². The highest BCUT2D eigenvalue weighted by molar-refractivity contribution is 7.99. The summed E-state index contributed by atoms with van der Waals surface area (Å²) in [6.07, 6.45) is 4.68. The van der Waals surface area contributed by atoms with Crippen molar-refractivity contribution < 1.29 is 14.7 Å². The monoisotopic (exact) mass is 472 g/mol. The molecule has 0 saturated heterocycles. The second-order valence-corrected chi connectivity index (χ2v) is 8.13. The van der Waals surface area contributed by atoms with Crippen molar-refractivity contribution in [3.05, 3.63) is 89.7 Å². The van der Waals surface area contributed by atoms with Crippen LogP contribution in [0.15, 0.2) is 83.3 Å². The molecule has 0 spiro atoms. The number of nitrogens with zero attached hydrogens (tertiary/aromatic N) is 5. The summed E-state index contributed by atoms with van der Waals surface area (Å²) in [7, 11) is 0. The number of aromatic carboxylic acids is 1. The molecule has 0 bridgehead atoms. The van der Waals surface area contributed by atoms with Crippen LogP contribution in [0.3, 0.4) is 0 Å². The van der Waals surface area contributed by atoms with Crippen LogP contribution in [0.5, 0.6) is 0 Å². The number of hydrogen-bond acceptors (Lipinski definition) is 7. The smallest absolute Gasteiger partial charge is 0.336 e. The summed E-state index contributed by atoms with van der Waals surface area (Å²) >= 11 is 1.22. The lowest BCUT2D eigenvalue weighted by Crippen LogP contribution is -2.20. The first-order valence-corrected chi connectivity index (χ1v) is 11.2. The molecule has 2 aromatic carbocycles. The molecule has 9 nitrogen and oxygen atoms in total. The van der Waals surface area contributed by atoms with Gasteiger partial charge in [0.1, 0.15) is 0 Å². The molecule has 4 aromatic rings. The van der Waals surface area contributed by atoms with Crippen molar-refractivity contribution in [3.8, 4) is 17.1 Å². The number of carboxylic acids is 1. The van der Waals surface area contributed by atoms with E-state index in [1.807, 2.05) is 47.9 Å². The fourth-order valence-corrected chi connectivity index (χ4v) is 3.86. The molecule has 34 heavy (non-hydrogen) atoms. The maximum absolute atomic E-state index is 12.4. The highest BCUT2D eigenvalue weighted by atomic mass is 32.2. The van der Waals surface area contributed by atoms with Gasteiger partial charge < -0.3 is 5.11 Å². The maximum atomic E-state index is 12.4. The minimum atomic E-state index is -1.07. The Kier molecular flexibility index (Phi) is 7.09. The zero-order chi connectivity index (χ0) is 23.9. The molecule has 0 atom stereocenters. The van der Waals surface area contributed by atoms with Gasteiger partial charge in [0, 0.05) is 29.2 Å². The lowest BCUT2D eigenvalue weighted by Gasteiger charge is -2.10. The number of pyridine rings is 1. The standard InChI is InChI=1S/C24H20N6O3S/c1-16-6-8-19(9-7-16)30-22(17-10-12-25-13-11-17)28-29-24(30)34-15-21(31)27-26-14-18-4-2-3-5-20(18)23(32)33/h2-14H,15H2,1H3,(H,27,31)(H,32,33). The summed E-state index contributed by atoms with van der Waals surface area (Å²) in [6, 6.07) is 18.0. The van der Waals surface area contributed by atoms with Gasteiger partial charge in [-0.05, 0) is 37.3 Å². The number of amides is 1. The third-order valence-electron chi connectivity index (χ3n) is 4.78. The largest absolute Gasteiger partial charge is 0.478 e. The van der Waals surface area contributed by atoms with Crippen molar-refractivity contribution in [2.45, 2.75) is 12.1 Å². The minimum absolute atomic E-state index is 0.0399. The van der Waals surface area contributed by atoms with E-state index in [1.54, 1.807) is 30.6 Å². The van der Waals surface area contributed by atoms with E-state index >= 15 is 0 Å². The number of carbonyl (C=O) groups is 2. The maximum Gasteiger partial charge on any atom is 0.336 e. The van der Waals surface area contributed by atoms with Crippen molar-refractivity contribution >= 4 is 29.9 Å². The number of hydrazone groups is 1. The van der Waals surface area contributed by atoms with Crippen LogP contribution in [0.25, 0.3) is 17.1 Å². The number of hydrogen-bond donors (Lipinski definition) is 2. The van der Waals surface area contributed by atoms with E-state index in [9.17, 15) is 14.7 Å². The Hall–Kier alpha value is -4.31. The minimum Gasteiger partial charge on any atom is -0.478 e. The molecule has 0 aliphatic carbocycles. The zero-order valence-corrected chi connectivity index (χ0v) is 18.9. The molecular formula is C24H20N6O3S. The Labute approximate surface area is 199 Å². The Bertz CT molecular complexity index is 1340. The van der Waals surface area contributed by atoms with E-state index in [-0.39, 0.29) is 17.2 Å². The second-order valence-electron chi connectivity index (χ2n) is 7.19. The third kappa shape index (κ3) is 5.36. The first-order chi connectivity index (χ1) is 16.5. The Morgan fingerprint density at radius 1 is 1.06 bits per heavy atom. The first-order valence-electron chi connectivity index (χ1n) is 10.2. The van der Waals surface area contributed by atoms with E-state index in [1.165, 1.54) is 24.0 Å². The molecule has 0 unspecified atom stereocenters. The lowest BCUT2D eigenvalue weighted by atomic mass is 10.1. The predicted octanol–water partition coefficient (Wildman–Crippen LogP) is 3.58. The van der Waals surface area contributed by atoms with E-state index in [0.29, 0.717) is 16.5 Å². The van der Waals surface area contributed by atoms with Crippen LogP contribution in [0.4, 0.5) is 0 Å². The molecule has 10 heteroatoms. The van der Waals surface area contributed by atoms with Crippen LogP contribution in [0, 0.1) is 6.92 Å². The number of aryl methyl sites for hydroxylation is 1. The van der Waals surface area contributed by atoms with Crippen molar-refractivity contribution in [2.24, 2.45) is 5.10 Å². The summed E-state index contributed by atoms with van der Waals surface area (Å²) < 4.78 is 1.89. The first kappa shape index (κ1) is 22.9. The van der Waals surface area contributed by atoms with Gasteiger partial charge in [-0.25, -0.2) is 10.2 Å². The van der Waals surface area contributed by atoms with Crippen LogP contribution in [0.1, 0.15) is 21.5 Å². The van der Waals surface area contributed by atoms with Gasteiger partial charge in [0.25, 0.3) is 5.91 Å². The summed E-state index contributed by atoms with van der Waals surface area (Å²) in [4.78, 5) is 27.7. The van der Waals surface area contributed by atoms with Crippen LogP contribution >= 0.6 is 11.8 Å². The van der Waals surface area contributed by atoms with Gasteiger partial charge in [0.05, 0.1) is 17.5 Å². The van der Waals surface area contributed by atoms with Gasteiger partial charge in [0.15, 0.2) is 11.0 Å². The Morgan fingerprint density at radius 2 is 1.79 bits per heavy atom. The van der Waals surface area contributed by atoms with Crippen molar-refractivity contribution in [3.63, 3.8) is 0 Å². The predicted molar refractivity (Wildman–Crippen MR) is 129 cm³/mol. The van der Waals surface area contributed by atoms with Gasteiger partial charge in [-0.1, -0.05) is 47.7 Å². The Balaban J connectivity index is 1.50. The number of aromatic nitrogens is 4. The fourth-order valence-electron chi connectivity index (χ4n) is 3.12. The quantitative estimate of drug-likeness (QED) is 0.228. The van der Waals surface area contributed by atoms with Gasteiger partial charge in [-0.2, -0.15) is 5.10 Å². The van der Waals surface area contributed by atoms with Crippen molar-refractivity contribution in [1.29, 1.82) is 0 Å². The molecule has 2 N–H and O–H groups in total. The normalized spacial score (nSPS) is 11.0.